The van der Waals surface area contributed by atoms with Gasteiger partial charge in [-0.15, -0.1) is 11.3 Å². The molecule has 2 aromatic rings. The molecule has 1 aromatic carbocycles. The van der Waals surface area contributed by atoms with E-state index in [1.165, 1.54) is 0 Å². The zero-order valence-electron chi connectivity index (χ0n) is 10.5. The molecule has 0 bridgehead atoms. The summed E-state index contributed by atoms with van der Waals surface area (Å²) in [5.41, 5.74) is -0.996. The summed E-state index contributed by atoms with van der Waals surface area (Å²) in [6.45, 7) is 1.56. The molecule has 0 atom stereocenters. The van der Waals surface area contributed by atoms with Crippen LogP contribution in [0.3, 0.4) is 0 Å². The van der Waals surface area contributed by atoms with E-state index in [9.17, 15) is 18.0 Å². The van der Waals surface area contributed by atoms with E-state index in [0.717, 1.165) is 29.5 Å². The minimum Gasteiger partial charge on any atom is -0.476 e. The molecule has 0 spiro atoms. The van der Waals surface area contributed by atoms with E-state index in [-0.39, 0.29) is 21.5 Å². The molecule has 0 aliphatic carbocycles. The number of hydrogen-bond acceptors (Lipinski definition) is 4. The summed E-state index contributed by atoms with van der Waals surface area (Å²) in [6.07, 6.45) is -4.49. The van der Waals surface area contributed by atoms with Crippen molar-refractivity contribution in [2.75, 3.05) is 5.32 Å². The number of rotatable bonds is 3. The number of benzene rings is 1. The first-order valence-electron chi connectivity index (χ1n) is 5.53. The lowest BCUT2D eigenvalue weighted by atomic mass is 10.2. The Morgan fingerprint density at radius 3 is 2.62 bits per heavy atom. The Morgan fingerprint density at radius 1 is 1.43 bits per heavy atom. The number of nitrogens with one attached hydrogen (secondary N) is 1. The highest BCUT2D eigenvalue weighted by atomic mass is 35.5. The van der Waals surface area contributed by atoms with Crippen molar-refractivity contribution in [3.05, 3.63) is 39.4 Å². The van der Waals surface area contributed by atoms with Gasteiger partial charge in [-0.3, -0.25) is 0 Å². The maximum Gasteiger partial charge on any atom is 0.416 e. The molecule has 21 heavy (non-hydrogen) atoms. The number of aryl methyl sites for hydroxylation is 1. The van der Waals surface area contributed by atoms with E-state index in [2.05, 4.69) is 10.3 Å². The second kappa shape index (κ2) is 5.53. The lowest BCUT2D eigenvalue weighted by molar-refractivity contribution is -0.137. The van der Waals surface area contributed by atoms with Crippen molar-refractivity contribution in [1.82, 2.24) is 4.98 Å². The Kier molecular flexibility index (Phi) is 4.11. The molecule has 0 radical (unpaired) electrons. The summed E-state index contributed by atoms with van der Waals surface area (Å²) < 4.78 is 38.0. The van der Waals surface area contributed by atoms with E-state index < -0.39 is 17.7 Å². The summed E-state index contributed by atoms with van der Waals surface area (Å²) in [6, 6.07) is 2.83. The van der Waals surface area contributed by atoms with Gasteiger partial charge in [0.05, 0.1) is 16.3 Å². The van der Waals surface area contributed by atoms with Gasteiger partial charge in [-0.25, -0.2) is 9.78 Å². The molecular formula is C12H8ClF3N2O2S. The largest absolute Gasteiger partial charge is 0.476 e. The van der Waals surface area contributed by atoms with Gasteiger partial charge in [-0.1, -0.05) is 11.6 Å². The molecule has 9 heteroatoms. The van der Waals surface area contributed by atoms with E-state index in [4.69, 9.17) is 16.7 Å². The van der Waals surface area contributed by atoms with Crippen molar-refractivity contribution in [2.24, 2.45) is 0 Å². The van der Waals surface area contributed by atoms with Crippen LogP contribution in [0, 0.1) is 6.92 Å². The maximum absolute atomic E-state index is 12.7. The number of thiazole rings is 1. The molecule has 112 valence electrons. The Hall–Kier alpha value is -1.80. The van der Waals surface area contributed by atoms with Crippen molar-refractivity contribution >= 4 is 39.7 Å². The molecule has 0 aliphatic rings. The van der Waals surface area contributed by atoms with Gasteiger partial charge in [0.25, 0.3) is 0 Å². The minimum absolute atomic E-state index is 0.0113. The molecule has 0 aliphatic heterocycles. The highest BCUT2D eigenvalue weighted by molar-refractivity contribution is 7.15. The van der Waals surface area contributed by atoms with Crippen molar-refractivity contribution in [3.63, 3.8) is 0 Å². The lowest BCUT2D eigenvalue weighted by Crippen LogP contribution is -2.05. The van der Waals surface area contributed by atoms with Gasteiger partial charge in [0, 0.05) is 4.88 Å². The maximum atomic E-state index is 12.7. The molecule has 0 fully saturated rings. The average molecular weight is 337 g/mol. The van der Waals surface area contributed by atoms with Crippen molar-refractivity contribution < 1.29 is 23.1 Å². The molecule has 0 amide bonds. The molecule has 1 heterocycles. The summed E-state index contributed by atoms with van der Waals surface area (Å²) in [5.74, 6) is -1.20. The number of carboxylic acid groups (broad SMARTS) is 1. The quantitative estimate of drug-likeness (QED) is 0.862. The van der Waals surface area contributed by atoms with E-state index in [0.29, 0.717) is 4.88 Å². The van der Waals surface area contributed by atoms with Crippen LogP contribution in [0.15, 0.2) is 18.2 Å². The van der Waals surface area contributed by atoms with Gasteiger partial charge in [0.2, 0.25) is 0 Å². The van der Waals surface area contributed by atoms with Crippen LogP contribution in [-0.2, 0) is 6.18 Å². The third-order valence-electron chi connectivity index (χ3n) is 2.53. The van der Waals surface area contributed by atoms with Crippen LogP contribution in [0.1, 0.15) is 20.9 Å². The predicted octanol–water partition coefficient (Wildman–Crippen LogP) is 4.57. The Balaban J connectivity index is 2.35. The van der Waals surface area contributed by atoms with Gasteiger partial charge < -0.3 is 10.4 Å². The standard InChI is InChI=1S/C12H8ClF3N2O2S/c1-5-9(10(19)20)18-11(21-5)17-8-4-6(12(14,15)16)2-3-7(8)13/h2-4H,1H3,(H,17,18)(H,19,20). The number of nitrogens with zero attached hydrogens (tertiary/aromatic N) is 1. The summed E-state index contributed by atoms with van der Waals surface area (Å²) >= 11 is 6.85. The van der Waals surface area contributed by atoms with Crippen LogP contribution in [-0.4, -0.2) is 16.1 Å². The summed E-state index contributed by atoms with van der Waals surface area (Å²) in [4.78, 5) is 15.1. The number of aromatic nitrogens is 1. The van der Waals surface area contributed by atoms with E-state index in [1.54, 1.807) is 6.92 Å². The van der Waals surface area contributed by atoms with Crippen LogP contribution >= 0.6 is 22.9 Å². The predicted molar refractivity (Wildman–Crippen MR) is 73.5 cm³/mol. The van der Waals surface area contributed by atoms with Crippen molar-refractivity contribution in [2.45, 2.75) is 13.1 Å². The fourth-order valence-corrected chi connectivity index (χ4v) is 2.54. The highest BCUT2D eigenvalue weighted by Crippen LogP contribution is 2.35. The van der Waals surface area contributed by atoms with Gasteiger partial charge in [-0.05, 0) is 25.1 Å². The number of alkyl halides is 3. The molecule has 0 saturated carbocycles. The summed E-state index contributed by atoms with van der Waals surface area (Å²) in [7, 11) is 0. The monoisotopic (exact) mass is 336 g/mol. The molecule has 0 saturated heterocycles. The Morgan fingerprint density at radius 2 is 2.10 bits per heavy atom. The van der Waals surface area contributed by atoms with E-state index >= 15 is 0 Å². The van der Waals surface area contributed by atoms with Crippen molar-refractivity contribution in [3.8, 4) is 0 Å². The van der Waals surface area contributed by atoms with Gasteiger partial charge in [-0.2, -0.15) is 13.2 Å². The molecule has 1 aromatic heterocycles. The minimum atomic E-state index is -4.49. The zero-order valence-corrected chi connectivity index (χ0v) is 12.0. The van der Waals surface area contributed by atoms with Crippen LogP contribution in [0.4, 0.5) is 24.0 Å². The Bertz CT molecular complexity index is 700. The van der Waals surface area contributed by atoms with Crippen molar-refractivity contribution in [1.29, 1.82) is 0 Å². The lowest BCUT2D eigenvalue weighted by Gasteiger charge is -2.10. The average Bonchev–Trinajstić information content (AvgIpc) is 2.72. The number of carboxylic acids is 1. The van der Waals surface area contributed by atoms with Crippen LogP contribution in [0.2, 0.25) is 5.02 Å². The van der Waals surface area contributed by atoms with Gasteiger partial charge >= 0.3 is 12.1 Å². The first-order chi connectivity index (χ1) is 9.68. The third-order valence-corrected chi connectivity index (χ3v) is 3.75. The first kappa shape index (κ1) is 15.6. The molecule has 2 N–H and O–H groups in total. The molecule has 0 unspecified atom stereocenters. The van der Waals surface area contributed by atoms with Crippen LogP contribution in [0.5, 0.6) is 0 Å². The van der Waals surface area contributed by atoms with E-state index in [1.807, 2.05) is 0 Å². The smallest absolute Gasteiger partial charge is 0.416 e. The van der Waals surface area contributed by atoms with Gasteiger partial charge in [0.1, 0.15) is 0 Å². The topological polar surface area (TPSA) is 62.2 Å². The fourth-order valence-electron chi connectivity index (χ4n) is 1.56. The number of halogens is 4. The zero-order chi connectivity index (χ0) is 15.8. The first-order valence-corrected chi connectivity index (χ1v) is 6.72. The second-order valence-electron chi connectivity index (χ2n) is 4.05. The second-order valence-corrected chi connectivity index (χ2v) is 5.66. The van der Waals surface area contributed by atoms with Crippen LogP contribution in [0.25, 0.3) is 0 Å². The number of anilines is 2. The van der Waals surface area contributed by atoms with Crippen LogP contribution < -0.4 is 5.32 Å². The van der Waals surface area contributed by atoms with Gasteiger partial charge in [0.15, 0.2) is 10.8 Å². The third kappa shape index (κ3) is 3.45. The number of hydrogen-bond donors (Lipinski definition) is 2. The molecule has 4 nitrogen and oxygen atoms in total. The molecule has 2 rings (SSSR count). The normalized spacial score (nSPS) is 11.5. The SMILES string of the molecule is Cc1sc(Nc2cc(C(F)(F)F)ccc2Cl)nc1C(=O)O. The highest BCUT2D eigenvalue weighted by Gasteiger charge is 2.31. The number of carbonyl (C=O) groups is 1. The summed E-state index contributed by atoms with van der Waals surface area (Å²) in [5, 5.41) is 11.7. The fraction of sp³-hybridized carbons (Fsp3) is 0.167. The number of aromatic carboxylic acids is 1. The Labute approximate surface area is 126 Å². The molecular weight excluding hydrogens is 329 g/mol.